The lowest BCUT2D eigenvalue weighted by Gasteiger charge is -2.09. The molecule has 10 nitrogen and oxygen atoms in total. The summed E-state index contributed by atoms with van der Waals surface area (Å²) in [6.45, 7) is 0.0885. The molecule has 6 N–H and O–H groups in total. The first-order valence-electron chi connectivity index (χ1n) is 7.70. The maximum Gasteiger partial charge on any atom is 0.210 e. The molecule has 2 heterocycles. The van der Waals surface area contributed by atoms with Crippen molar-refractivity contribution in [2.75, 3.05) is 22.9 Å². The number of primary sulfonamides is 1. The lowest BCUT2D eigenvalue weighted by molar-refractivity contribution is 0.319. The van der Waals surface area contributed by atoms with Crippen molar-refractivity contribution in [3.05, 3.63) is 46.6 Å². The summed E-state index contributed by atoms with van der Waals surface area (Å²) in [5.74, 6) is 0.284. The fourth-order valence-corrected chi connectivity index (χ4v) is 3.14. The van der Waals surface area contributed by atoms with Gasteiger partial charge in [-0.1, -0.05) is 27.2 Å². The highest BCUT2D eigenvalue weighted by atomic mass is 79.9. The van der Waals surface area contributed by atoms with E-state index in [1.165, 1.54) is 6.20 Å². The molecule has 0 bridgehead atoms. The maximum absolute atomic E-state index is 11.0. The van der Waals surface area contributed by atoms with Crippen LogP contribution in [0.4, 0.5) is 11.6 Å². The van der Waals surface area contributed by atoms with E-state index in [4.69, 9.17) is 5.14 Å². The average Bonchev–Trinajstić information content (AvgIpc) is 3.01. The summed E-state index contributed by atoms with van der Waals surface area (Å²) in [4.78, 5) is 11.4. The number of amidine groups is 1. The summed E-state index contributed by atoms with van der Waals surface area (Å²) < 4.78 is 22.9. The number of nitrogens with one attached hydrogen (secondary N) is 3. The van der Waals surface area contributed by atoms with E-state index in [0.717, 1.165) is 4.47 Å². The largest absolute Gasteiger partial charge is 0.409 e. The van der Waals surface area contributed by atoms with Crippen LogP contribution < -0.4 is 15.8 Å². The summed E-state index contributed by atoms with van der Waals surface area (Å²) in [5.41, 5.74) is 2.15. The Morgan fingerprint density at radius 3 is 2.89 bits per heavy atom. The second-order valence-electron chi connectivity index (χ2n) is 5.52. The lowest BCUT2D eigenvalue weighted by atomic mass is 10.2. The SMILES string of the molecule is NS(=O)(=O)CCNc1nc2nccc(/C(=N\O)Nc3cccc(Br)c3)c2[nH]1. The van der Waals surface area contributed by atoms with Crippen molar-refractivity contribution in [2.45, 2.75) is 0 Å². The summed E-state index contributed by atoms with van der Waals surface area (Å²) in [5, 5.41) is 23.6. The van der Waals surface area contributed by atoms with Gasteiger partial charge in [-0.3, -0.25) is 0 Å². The third-order valence-electron chi connectivity index (χ3n) is 3.51. The van der Waals surface area contributed by atoms with Crippen molar-refractivity contribution in [1.82, 2.24) is 15.0 Å². The zero-order valence-electron chi connectivity index (χ0n) is 13.8. The molecule has 2 aromatic heterocycles. The molecule has 12 heteroatoms. The van der Waals surface area contributed by atoms with E-state index >= 15 is 0 Å². The van der Waals surface area contributed by atoms with Crippen molar-refractivity contribution in [3.63, 3.8) is 0 Å². The van der Waals surface area contributed by atoms with E-state index in [1.807, 2.05) is 24.3 Å². The Labute approximate surface area is 163 Å². The number of anilines is 2. The summed E-state index contributed by atoms with van der Waals surface area (Å²) in [6, 6.07) is 9.03. The molecule has 0 fully saturated rings. The number of fused-ring (bicyclic) bond motifs is 1. The number of aromatic amines is 1. The minimum Gasteiger partial charge on any atom is -0.409 e. The van der Waals surface area contributed by atoms with Crippen LogP contribution in [0, 0.1) is 0 Å². The van der Waals surface area contributed by atoms with Crippen molar-refractivity contribution in [3.8, 4) is 0 Å². The fourth-order valence-electron chi connectivity index (χ4n) is 2.35. The molecule has 3 rings (SSSR count). The van der Waals surface area contributed by atoms with Gasteiger partial charge < -0.3 is 20.8 Å². The van der Waals surface area contributed by atoms with Gasteiger partial charge in [0.1, 0.15) is 0 Å². The number of aromatic nitrogens is 3. The Kier molecular flexibility index (Phi) is 5.58. The Bertz CT molecular complexity index is 1100. The first-order chi connectivity index (χ1) is 12.9. The van der Waals surface area contributed by atoms with Gasteiger partial charge in [0.2, 0.25) is 16.0 Å². The third-order valence-corrected chi connectivity index (χ3v) is 4.78. The Morgan fingerprint density at radius 1 is 1.37 bits per heavy atom. The Hall–Kier alpha value is -2.70. The minimum absolute atomic E-state index is 0.0885. The van der Waals surface area contributed by atoms with Gasteiger partial charge in [0.25, 0.3) is 0 Å². The van der Waals surface area contributed by atoms with Gasteiger partial charge in [-0.05, 0) is 24.3 Å². The highest BCUT2D eigenvalue weighted by molar-refractivity contribution is 9.10. The minimum atomic E-state index is -3.57. The second kappa shape index (κ2) is 7.90. The number of imidazole rings is 1. The van der Waals surface area contributed by atoms with Crippen LogP contribution in [-0.2, 0) is 10.0 Å². The Balaban J connectivity index is 1.87. The predicted octanol–water partition coefficient (Wildman–Crippen LogP) is 1.67. The fraction of sp³-hybridized carbons (Fsp3) is 0.133. The number of sulfonamides is 1. The smallest absolute Gasteiger partial charge is 0.210 e. The molecule has 27 heavy (non-hydrogen) atoms. The molecule has 0 saturated heterocycles. The molecule has 0 saturated carbocycles. The molecule has 1 aromatic carbocycles. The van der Waals surface area contributed by atoms with E-state index in [-0.39, 0.29) is 18.1 Å². The number of hydrogen-bond donors (Lipinski definition) is 5. The second-order valence-corrected chi connectivity index (χ2v) is 8.17. The van der Waals surface area contributed by atoms with Gasteiger partial charge >= 0.3 is 0 Å². The predicted molar refractivity (Wildman–Crippen MR) is 106 cm³/mol. The van der Waals surface area contributed by atoms with Crippen LogP contribution >= 0.6 is 15.9 Å². The van der Waals surface area contributed by atoms with Gasteiger partial charge in [0, 0.05) is 28.5 Å². The van der Waals surface area contributed by atoms with Crippen molar-refractivity contribution < 1.29 is 13.6 Å². The van der Waals surface area contributed by atoms with Gasteiger partial charge in [-0.25, -0.2) is 18.5 Å². The van der Waals surface area contributed by atoms with Crippen LogP contribution in [0.1, 0.15) is 5.56 Å². The van der Waals surface area contributed by atoms with Crippen LogP contribution in [0.15, 0.2) is 46.2 Å². The molecule has 3 aromatic rings. The number of halogens is 1. The molecule has 0 spiro atoms. The average molecular weight is 454 g/mol. The zero-order chi connectivity index (χ0) is 19.4. The Morgan fingerprint density at radius 2 is 2.19 bits per heavy atom. The third kappa shape index (κ3) is 4.93. The van der Waals surface area contributed by atoms with E-state index in [1.54, 1.807) is 6.07 Å². The molecule has 0 unspecified atom stereocenters. The number of hydrogen-bond acceptors (Lipinski definition) is 7. The molecule has 0 atom stereocenters. The molecule has 0 amide bonds. The first kappa shape index (κ1) is 19.1. The number of rotatable bonds is 6. The van der Waals surface area contributed by atoms with Gasteiger partial charge in [0.05, 0.1) is 11.3 Å². The number of pyridine rings is 1. The van der Waals surface area contributed by atoms with Gasteiger partial charge in [-0.15, -0.1) is 0 Å². The molecule has 0 aliphatic heterocycles. The molecular formula is C15H16BrN7O3S. The van der Waals surface area contributed by atoms with E-state index in [2.05, 4.69) is 46.7 Å². The first-order valence-corrected chi connectivity index (χ1v) is 10.2. The number of nitrogens with zero attached hydrogens (tertiary/aromatic N) is 3. The number of H-pyrrole nitrogens is 1. The molecule has 142 valence electrons. The zero-order valence-corrected chi connectivity index (χ0v) is 16.2. The van der Waals surface area contributed by atoms with Gasteiger partial charge in [-0.2, -0.15) is 4.98 Å². The summed E-state index contributed by atoms with van der Waals surface area (Å²) in [7, 11) is -3.57. The number of oxime groups is 1. The molecule has 0 radical (unpaired) electrons. The summed E-state index contributed by atoms with van der Waals surface area (Å²) >= 11 is 3.38. The summed E-state index contributed by atoms with van der Waals surface area (Å²) in [6.07, 6.45) is 1.53. The topological polar surface area (TPSA) is 158 Å². The van der Waals surface area contributed by atoms with Crippen LogP contribution in [0.2, 0.25) is 0 Å². The monoisotopic (exact) mass is 453 g/mol. The standard InChI is InChI=1S/C15H16BrN7O3S/c16-9-2-1-3-10(8-9)20-13(23-24)11-4-5-18-14-12(11)21-15(22-14)19-6-7-27(17,25)26/h1-5,8,24H,6-7H2,(H,20,23)(H2,17,25,26)(H2,18,19,21,22). The molecule has 0 aliphatic carbocycles. The maximum atomic E-state index is 11.0. The van der Waals surface area contributed by atoms with E-state index < -0.39 is 10.0 Å². The van der Waals surface area contributed by atoms with Crippen LogP contribution in [0.5, 0.6) is 0 Å². The highest BCUT2D eigenvalue weighted by Gasteiger charge is 2.14. The highest BCUT2D eigenvalue weighted by Crippen LogP contribution is 2.20. The molecule has 0 aliphatic rings. The van der Waals surface area contributed by atoms with E-state index in [0.29, 0.717) is 28.4 Å². The normalized spacial score (nSPS) is 12.3. The van der Waals surface area contributed by atoms with Crippen molar-refractivity contribution in [2.24, 2.45) is 10.3 Å². The number of nitrogens with two attached hydrogens (primary N) is 1. The van der Waals surface area contributed by atoms with Crippen LogP contribution in [0.3, 0.4) is 0 Å². The lowest BCUT2D eigenvalue weighted by Crippen LogP contribution is -2.22. The van der Waals surface area contributed by atoms with E-state index in [9.17, 15) is 13.6 Å². The van der Waals surface area contributed by atoms with Crippen molar-refractivity contribution >= 4 is 54.6 Å². The van der Waals surface area contributed by atoms with Crippen LogP contribution in [-0.4, -0.2) is 46.7 Å². The molecular weight excluding hydrogens is 438 g/mol. The van der Waals surface area contributed by atoms with Crippen molar-refractivity contribution in [1.29, 1.82) is 0 Å². The van der Waals surface area contributed by atoms with Gasteiger partial charge in [0.15, 0.2) is 11.5 Å². The van der Waals surface area contributed by atoms with Crippen LogP contribution in [0.25, 0.3) is 11.2 Å². The number of benzene rings is 1. The quantitative estimate of drug-likeness (QED) is 0.164.